The van der Waals surface area contributed by atoms with Crippen LogP contribution in [-0.4, -0.2) is 12.5 Å². The van der Waals surface area contributed by atoms with Crippen molar-refractivity contribution in [1.29, 1.82) is 0 Å². The summed E-state index contributed by atoms with van der Waals surface area (Å²) in [7, 11) is 0. The van der Waals surface area contributed by atoms with Gasteiger partial charge in [-0.2, -0.15) is 0 Å². The fraction of sp³-hybridized carbons (Fsp3) is 0.190. The van der Waals surface area contributed by atoms with E-state index in [2.05, 4.69) is 49.3 Å². The summed E-state index contributed by atoms with van der Waals surface area (Å²) in [5.74, 6) is 0.468. The number of benzene rings is 3. The van der Waals surface area contributed by atoms with Crippen LogP contribution in [0.5, 0.6) is 5.75 Å². The van der Waals surface area contributed by atoms with Gasteiger partial charge in [0.25, 0.3) is 5.91 Å². The van der Waals surface area contributed by atoms with Crippen molar-refractivity contribution in [2.75, 3.05) is 11.9 Å². The lowest BCUT2D eigenvalue weighted by Crippen LogP contribution is -2.21. The number of aryl methyl sites for hydroxylation is 3. The standard InChI is InChI=1S/C21H19Br2NO2/c1-12-8-13(2)21(14(3)9-12)24-19(25)11-26-18-7-4-15-10-16(22)5-6-17(15)20(18)23/h4-10H,11H2,1-3H3,(H,24,25). The molecule has 3 aromatic carbocycles. The van der Waals surface area contributed by atoms with Gasteiger partial charge >= 0.3 is 0 Å². The molecule has 0 saturated heterocycles. The van der Waals surface area contributed by atoms with Crippen molar-refractivity contribution >= 4 is 54.2 Å². The van der Waals surface area contributed by atoms with Gasteiger partial charge in [-0.3, -0.25) is 4.79 Å². The Morgan fingerprint density at radius 3 is 2.38 bits per heavy atom. The molecule has 0 aliphatic carbocycles. The van der Waals surface area contributed by atoms with Crippen LogP contribution >= 0.6 is 31.9 Å². The van der Waals surface area contributed by atoms with Crippen LogP contribution in [0.15, 0.2) is 51.4 Å². The number of amides is 1. The first-order valence-corrected chi connectivity index (χ1v) is 9.82. The van der Waals surface area contributed by atoms with Crippen LogP contribution in [0.3, 0.4) is 0 Å². The fourth-order valence-corrected chi connectivity index (χ4v) is 4.04. The SMILES string of the molecule is Cc1cc(C)c(NC(=O)COc2ccc3cc(Br)ccc3c2Br)c(C)c1. The first-order chi connectivity index (χ1) is 12.3. The van der Waals surface area contributed by atoms with E-state index in [0.29, 0.717) is 5.75 Å². The first-order valence-electron chi connectivity index (χ1n) is 8.23. The predicted octanol–water partition coefficient (Wildman–Crippen LogP) is 6.31. The zero-order valence-corrected chi connectivity index (χ0v) is 18.0. The largest absolute Gasteiger partial charge is 0.483 e. The number of ether oxygens (including phenoxy) is 1. The monoisotopic (exact) mass is 475 g/mol. The van der Waals surface area contributed by atoms with Crippen LogP contribution in [0.2, 0.25) is 0 Å². The highest BCUT2D eigenvalue weighted by molar-refractivity contribution is 9.11. The number of rotatable bonds is 4. The summed E-state index contributed by atoms with van der Waals surface area (Å²) < 4.78 is 7.61. The van der Waals surface area contributed by atoms with Crippen LogP contribution in [0.25, 0.3) is 10.8 Å². The number of fused-ring (bicyclic) bond motifs is 1. The lowest BCUT2D eigenvalue weighted by atomic mass is 10.1. The summed E-state index contributed by atoms with van der Waals surface area (Å²) >= 11 is 7.06. The van der Waals surface area contributed by atoms with E-state index >= 15 is 0 Å². The molecular weight excluding hydrogens is 458 g/mol. The quantitative estimate of drug-likeness (QED) is 0.479. The van der Waals surface area contributed by atoms with Gasteiger partial charge in [0.15, 0.2) is 6.61 Å². The predicted molar refractivity (Wildman–Crippen MR) is 114 cm³/mol. The third kappa shape index (κ3) is 4.10. The average molecular weight is 477 g/mol. The molecule has 0 unspecified atom stereocenters. The van der Waals surface area contributed by atoms with Crippen LogP contribution in [0.1, 0.15) is 16.7 Å². The fourth-order valence-electron chi connectivity index (χ4n) is 3.05. The second-order valence-corrected chi connectivity index (χ2v) is 8.06. The Bertz CT molecular complexity index is 976. The Balaban J connectivity index is 1.73. The van der Waals surface area contributed by atoms with E-state index in [4.69, 9.17) is 4.74 Å². The molecule has 0 spiro atoms. The summed E-state index contributed by atoms with van der Waals surface area (Å²) in [6.45, 7) is 5.99. The molecule has 3 rings (SSSR count). The molecule has 0 heterocycles. The average Bonchev–Trinajstić information content (AvgIpc) is 2.57. The van der Waals surface area contributed by atoms with E-state index in [1.54, 1.807) is 0 Å². The minimum absolute atomic E-state index is 0.0482. The van der Waals surface area contributed by atoms with E-state index in [0.717, 1.165) is 36.5 Å². The molecule has 1 amide bonds. The number of hydrogen-bond donors (Lipinski definition) is 1. The van der Waals surface area contributed by atoms with Gasteiger partial charge in [-0.1, -0.05) is 45.8 Å². The minimum atomic E-state index is -0.178. The maximum atomic E-state index is 12.3. The van der Waals surface area contributed by atoms with Crippen molar-refractivity contribution in [3.63, 3.8) is 0 Å². The third-order valence-electron chi connectivity index (χ3n) is 4.18. The minimum Gasteiger partial charge on any atom is -0.483 e. The molecule has 134 valence electrons. The van der Waals surface area contributed by atoms with Gasteiger partial charge in [-0.05, 0) is 76.8 Å². The molecule has 0 saturated carbocycles. The van der Waals surface area contributed by atoms with Crippen molar-refractivity contribution in [3.05, 3.63) is 68.1 Å². The molecule has 3 nitrogen and oxygen atoms in total. The summed E-state index contributed by atoms with van der Waals surface area (Å²) in [4.78, 5) is 12.3. The number of carbonyl (C=O) groups is 1. The second-order valence-electron chi connectivity index (χ2n) is 6.35. The Labute approximate surface area is 170 Å². The van der Waals surface area contributed by atoms with Crippen LogP contribution in [-0.2, 0) is 4.79 Å². The van der Waals surface area contributed by atoms with Crippen molar-refractivity contribution in [2.24, 2.45) is 0 Å². The highest BCUT2D eigenvalue weighted by atomic mass is 79.9. The third-order valence-corrected chi connectivity index (χ3v) is 5.49. The van der Waals surface area contributed by atoms with Gasteiger partial charge < -0.3 is 10.1 Å². The maximum absolute atomic E-state index is 12.3. The molecule has 1 N–H and O–H groups in total. The Morgan fingerprint density at radius 1 is 1.00 bits per heavy atom. The molecular formula is C21H19Br2NO2. The van der Waals surface area contributed by atoms with Crippen molar-refractivity contribution < 1.29 is 9.53 Å². The van der Waals surface area contributed by atoms with E-state index in [1.165, 1.54) is 5.56 Å². The summed E-state index contributed by atoms with van der Waals surface area (Å²) in [6, 6.07) is 14.0. The zero-order chi connectivity index (χ0) is 18.8. The highest BCUT2D eigenvalue weighted by Crippen LogP contribution is 2.34. The Morgan fingerprint density at radius 2 is 1.69 bits per heavy atom. The summed E-state index contributed by atoms with van der Waals surface area (Å²) in [5.41, 5.74) is 4.13. The van der Waals surface area contributed by atoms with E-state index < -0.39 is 0 Å². The van der Waals surface area contributed by atoms with Gasteiger partial charge in [-0.25, -0.2) is 0 Å². The number of halogens is 2. The number of carbonyl (C=O) groups excluding carboxylic acids is 1. The lowest BCUT2D eigenvalue weighted by Gasteiger charge is -2.14. The zero-order valence-electron chi connectivity index (χ0n) is 14.8. The molecule has 0 atom stereocenters. The molecule has 0 fully saturated rings. The molecule has 0 radical (unpaired) electrons. The molecule has 0 aliphatic rings. The lowest BCUT2D eigenvalue weighted by molar-refractivity contribution is -0.118. The van der Waals surface area contributed by atoms with Gasteiger partial charge in [-0.15, -0.1) is 0 Å². The smallest absolute Gasteiger partial charge is 0.262 e. The van der Waals surface area contributed by atoms with Gasteiger partial charge in [0.05, 0.1) is 4.47 Å². The topological polar surface area (TPSA) is 38.3 Å². The van der Waals surface area contributed by atoms with Crippen LogP contribution in [0, 0.1) is 20.8 Å². The Hall–Kier alpha value is -1.85. The van der Waals surface area contributed by atoms with Crippen molar-refractivity contribution in [2.45, 2.75) is 20.8 Å². The van der Waals surface area contributed by atoms with E-state index in [-0.39, 0.29) is 12.5 Å². The molecule has 26 heavy (non-hydrogen) atoms. The molecule has 0 bridgehead atoms. The maximum Gasteiger partial charge on any atom is 0.262 e. The molecule has 3 aromatic rings. The number of hydrogen-bond acceptors (Lipinski definition) is 2. The van der Waals surface area contributed by atoms with Gasteiger partial charge in [0, 0.05) is 10.2 Å². The number of anilines is 1. The molecule has 0 aromatic heterocycles. The first kappa shape index (κ1) is 18.9. The summed E-state index contributed by atoms with van der Waals surface area (Å²) in [5, 5.41) is 5.08. The van der Waals surface area contributed by atoms with Crippen LogP contribution < -0.4 is 10.1 Å². The van der Waals surface area contributed by atoms with E-state index in [9.17, 15) is 4.79 Å². The van der Waals surface area contributed by atoms with Gasteiger partial charge in [0.2, 0.25) is 0 Å². The molecule has 0 aliphatic heterocycles. The summed E-state index contributed by atoms with van der Waals surface area (Å²) in [6.07, 6.45) is 0. The number of nitrogens with one attached hydrogen (secondary N) is 1. The van der Waals surface area contributed by atoms with Crippen LogP contribution in [0.4, 0.5) is 5.69 Å². The molecule has 5 heteroatoms. The van der Waals surface area contributed by atoms with Crippen molar-refractivity contribution in [3.8, 4) is 5.75 Å². The van der Waals surface area contributed by atoms with Gasteiger partial charge in [0.1, 0.15) is 5.75 Å². The second kappa shape index (κ2) is 7.80. The van der Waals surface area contributed by atoms with Crippen molar-refractivity contribution in [1.82, 2.24) is 0 Å². The highest BCUT2D eigenvalue weighted by Gasteiger charge is 2.11. The normalized spacial score (nSPS) is 10.8. The Kier molecular flexibility index (Phi) is 5.68. The van der Waals surface area contributed by atoms with E-state index in [1.807, 2.05) is 51.1 Å².